The molecule has 20 heavy (non-hydrogen) atoms. The molecule has 2 aromatic rings. The van der Waals surface area contributed by atoms with Gasteiger partial charge in [-0.1, -0.05) is 24.3 Å². The number of hydrogen-bond donors (Lipinski definition) is 1. The molecule has 0 unspecified atom stereocenters. The van der Waals surface area contributed by atoms with Gasteiger partial charge in [0.1, 0.15) is 18.2 Å². The van der Waals surface area contributed by atoms with E-state index < -0.39 is 0 Å². The Labute approximate surface area is 117 Å². The fraction of sp³-hybridized carbons (Fsp3) is 0.188. The van der Waals surface area contributed by atoms with Crippen molar-refractivity contribution in [2.45, 2.75) is 19.6 Å². The van der Waals surface area contributed by atoms with Crippen LogP contribution in [0.4, 0.5) is 4.39 Å². The lowest BCUT2D eigenvalue weighted by molar-refractivity contribution is 0.304. The molecular weight excluding hydrogens is 255 g/mol. The second-order valence-electron chi connectivity index (χ2n) is 4.53. The normalized spacial score (nSPS) is 11.7. The summed E-state index contributed by atoms with van der Waals surface area (Å²) in [4.78, 5) is 0. The van der Waals surface area contributed by atoms with E-state index in [0.29, 0.717) is 16.9 Å². The summed E-state index contributed by atoms with van der Waals surface area (Å²) >= 11 is 0. The van der Waals surface area contributed by atoms with Gasteiger partial charge >= 0.3 is 0 Å². The third-order valence-corrected chi connectivity index (χ3v) is 2.99. The highest BCUT2D eigenvalue weighted by molar-refractivity contribution is 5.37. The Hall–Kier alpha value is -2.38. The van der Waals surface area contributed by atoms with Gasteiger partial charge in [-0.25, -0.2) is 4.39 Å². The van der Waals surface area contributed by atoms with Gasteiger partial charge < -0.3 is 10.5 Å². The Morgan fingerprint density at radius 3 is 2.70 bits per heavy atom. The van der Waals surface area contributed by atoms with Crippen LogP contribution in [-0.2, 0) is 6.61 Å². The van der Waals surface area contributed by atoms with E-state index in [1.807, 2.05) is 12.1 Å². The van der Waals surface area contributed by atoms with Gasteiger partial charge in [0.25, 0.3) is 0 Å². The van der Waals surface area contributed by atoms with Crippen LogP contribution in [0.2, 0.25) is 0 Å². The van der Waals surface area contributed by atoms with Gasteiger partial charge in [0, 0.05) is 23.2 Å². The fourth-order valence-corrected chi connectivity index (χ4v) is 1.88. The van der Waals surface area contributed by atoms with Crippen LogP contribution in [0.25, 0.3) is 0 Å². The Kier molecular flexibility index (Phi) is 4.34. The van der Waals surface area contributed by atoms with Crippen LogP contribution in [-0.4, -0.2) is 0 Å². The molecule has 2 N–H and O–H groups in total. The number of nitrogens with two attached hydrogens (primary N) is 1. The first-order valence-corrected chi connectivity index (χ1v) is 6.27. The summed E-state index contributed by atoms with van der Waals surface area (Å²) in [5, 5.41) is 8.98. The molecule has 2 aromatic carbocycles. The Morgan fingerprint density at radius 2 is 2.05 bits per heavy atom. The zero-order valence-electron chi connectivity index (χ0n) is 11.1. The van der Waals surface area contributed by atoms with Crippen molar-refractivity contribution in [1.29, 1.82) is 5.26 Å². The number of rotatable bonds is 4. The lowest BCUT2D eigenvalue weighted by Crippen LogP contribution is -2.07. The van der Waals surface area contributed by atoms with Crippen molar-refractivity contribution < 1.29 is 9.13 Å². The third-order valence-electron chi connectivity index (χ3n) is 2.99. The van der Waals surface area contributed by atoms with Crippen molar-refractivity contribution in [2.75, 3.05) is 0 Å². The molecule has 0 aliphatic heterocycles. The minimum atomic E-state index is -0.383. The number of halogens is 1. The van der Waals surface area contributed by atoms with E-state index in [0.717, 1.165) is 5.56 Å². The molecule has 0 amide bonds. The maximum Gasteiger partial charge on any atom is 0.131 e. The predicted molar refractivity (Wildman–Crippen MR) is 74.5 cm³/mol. The molecular formula is C16H15FN2O. The fourth-order valence-electron chi connectivity index (χ4n) is 1.88. The van der Waals surface area contributed by atoms with Crippen LogP contribution in [0.3, 0.4) is 0 Å². The lowest BCUT2D eigenvalue weighted by atomic mass is 10.1. The number of ether oxygens (including phenoxy) is 1. The molecule has 2 rings (SSSR count). The van der Waals surface area contributed by atoms with Crippen molar-refractivity contribution in [3.63, 3.8) is 0 Å². The minimum Gasteiger partial charge on any atom is -0.489 e. The predicted octanol–water partition coefficient (Wildman–Crippen LogP) is 3.30. The maximum absolute atomic E-state index is 13.8. The molecule has 0 aliphatic carbocycles. The Balaban J connectivity index is 2.12. The second kappa shape index (κ2) is 6.18. The summed E-state index contributed by atoms with van der Waals surface area (Å²) in [6.07, 6.45) is 0. The van der Waals surface area contributed by atoms with Gasteiger partial charge in [0.2, 0.25) is 0 Å². The highest BCUT2D eigenvalue weighted by Gasteiger charge is 2.08. The maximum atomic E-state index is 13.8. The number of nitriles is 1. The molecule has 0 heterocycles. The standard InChI is InChI=1S/C16H15FN2O/c1-11(19)15-7-6-14(8-16(15)17)20-10-13-5-3-2-4-12(13)9-18/h2-8,11H,10,19H2,1H3/t11-/m1/s1. The van der Waals surface area contributed by atoms with Crippen molar-refractivity contribution in [3.05, 3.63) is 65.0 Å². The summed E-state index contributed by atoms with van der Waals surface area (Å²) in [5.74, 6) is 0.0331. The van der Waals surface area contributed by atoms with E-state index >= 15 is 0 Å². The first-order chi connectivity index (χ1) is 9.61. The molecule has 102 valence electrons. The van der Waals surface area contributed by atoms with Crippen LogP contribution in [0.1, 0.15) is 29.7 Å². The summed E-state index contributed by atoms with van der Waals surface area (Å²) in [6, 6.07) is 13.5. The molecule has 0 fully saturated rings. The second-order valence-corrected chi connectivity index (χ2v) is 4.53. The molecule has 0 aliphatic rings. The van der Waals surface area contributed by atoms with Gasteiger partial charge in [0.05, 0.1) is 11.6 Å². The Bertz CT molecular complexity index is 647. The topological polar surface area (TPSA) is 59.0 Å². The minimum absolute atomic E-state index is 0.223. The number of hydrogen-bond acceptors (Lipinski definition) is 3. The summed E-state index contributed by atoms with van der Waals surface area (Å²) in [6.45, 7) is 1.95. The van der Waals surface area contributed by atoms with E-state index in [1.165, 1.54) is 6.07 Å². The van der Waals surface area contributed by atoms with Gasteiger partial charge in [0.15, 0.2) is 0 Å². The van der Waals surface area contributed by atoms with E-state index in [2.05, 4.69) is 6.07 Å². The summed E-state index contributed by atoms with van der Waals surface area (Å²) in [7, 11) is 0. The average molecular weight is 270 g/mol. The third kappa shape index (κ3) is 3.14. The number of benzene rings is 2. The van der Waals surface area contributed by atoms with E-state index in [9.17, 15) is 4.39 Å². The first-order valence-electron chi connectivity index (χ1n) is 6.27. The van der Waals surface area contributed by atoms with Crippen LogP contribution in [0.15, 0.2) is 42.5 Å². The van der Waals surface area contributed by atoms with Gasteiger partial charge in [-0.05, 0) is 19.1 Å². The highest BCUT2D eigenvalue weighted by Crippen LogP contribution is 2.21. The van der Waals surface area contributed by atoms with Crippen LogP contribution in [0.5, 0.6) is 5.75 Å². The molecule has 0 saturated carbocycles. The molecule has 0 saturated heterocycles. The Morgan fingerprint density at radius 1 is 1.30 bits per heavy atom. The SMILES string of the molecule is C[C@@H](N)c1ccc(OCc2ccccc2C#N)cc1F. The zero-order chi connectivity index (χ0) is 14.5. The van der Waals surface area contributed by atoms with E-state index in [4.69, 9.17) is 15.7 Å². The summed E-state index contributed by atoms with van der Waals surface area (Å²) in [5.41, 5.74) is 7.43. The van der Waals surface area contributed by atoms with Gasteiger partial charge in [-0.2, -0.15) is 5.26 Å². The number of nitrogens with zero attached hydrogens (tertiary/aromatic N) is 1. The zero-order valence-corrected chi connectivity index (χ0v) is 11.1. The lowest BCUT2D eigenvalue weighted by Gasteiger charge is -2.11. The van der Waals surface area contributed by atoms with Gasteiger partial charge in [-0.3, -0.25) is 0 Å². The smallest absolute Gasteiger partial charge is 0.131 e. The molecule has 0 spiro atoms. The van der Waals surface area contributed by atoms with Crippen LogP contribution < -0.4 is 10.5 Å². The van der Waals surface area contributed by atoms with Gasteiger partial charge in [-0.15, -0.1) is 0 Å². The molecule has 3 nitrogen and oxygen atoms in total. The quantitative estimate of drug-likeness (QED) is 0.927. The first kappa shape index (κ1) is 14.0. The average Bonchev–Trinajstić information content (AvgIpc) is 2.45. The van der Waals surface area contributed by atoms with Crippen molar-refractivity contribution in [2.24, 2.45) is 5.73 Å². The molecule has 0 radical (unpaired) electrons. The van der Waals surface area contributed by atoms with Crippen LogP contribution in [0, 0.1) is 17.1 Å². The van der Waals surface area contributed by atoms with Crippen molar-refractivity contribution >= 4 is 0 Å². The molecule has 1 atom stereocenters. The van der Waals surface area contributed by atoms with Crippen molar-refractivity contribution in [3.8, 4) is 11.8 Å². The molecule has 4 heteroatoms. The molecule has 0 aromatic heterocycles. The van der Waals surface area contributed by atoms with Crippen molar-refractivity contribution in [1.82, 2.24) is 0 Å². The van der Waals surface area contributed by atoms with E-state index in [1.54, 1.807) is 31.2 Å². The highest BCUT2D eigenvalue weighted by atomic mass is 19.1. The largest absolute Gasteiger partial charge is 0.489 e. The monoisotopic (exact) mass is 270 g/mol. The van der Waals surface area contributed by atoms with E-state index in [-0.39, 0.29) is 18.5 Å². The van der Waals surface area contributed by atoms with Crippen LogP contribution >= 0.6 is 0 Å². The molecule has 0 bridgehead atoms. The summed E-state index contributed by atoms with van der Waals surface area (Å²) < 4.78 is 19.3.